The third-order valence-electron chi connectivity index (χ3n) is 3.14. The minimum Gasteiger partial charge on any atom is -0.232 e. The molecule has 0 N–H and O–H groups in total. The Balaban J connectivity index is 2.24. The van der Waals surface area contributed by atoms with Gasteiger partial charge in [-0.3, -0.25) is 0 Å². The van der Waals surface area contributed by atoms with E-state index in [0.29, 0.717) is 0 Å². The fourth-order valence-electron chi connectivity index (χ4n) is 2.12. The first-order valence-corrected chi connectivity index (χ1v) is 5.37. The Morgan fingerprint density at radius 3 is 2.50 bits per heavy atom. The van der Waals surface area contributed by atoms with Crippen LogP contribution in [-0.4, -0.2) is 11.7 Å². The Morgan fingerprint density at radius 2 is 2.00 bits per heavy atom. The molecule has 72 valence electrons. The molecule has 1 aliphatic rings. The van der Waals surface area contributed by atoms with Gasteiger partial charge in [0.1, 0.15) is 0 Å². The van der Waals surface area contributed by atoms with Crippen molar-refractivity contribution in [2.45, 2.75) is 24.7 Å². The molecule has 0 unspecified atom stereocenters. The summed E-state index contributed by atoms with van der Waals surface area (Å²) in [4.78, 5) is 4.11. The zero-order chi connectivity index (χ0) is 9.86. The molecule has 0 saturated heterocycles. The lowest BCUT2D eigenvalue weighted by atomic mass is 9.64. The molecule has 0 bridgehead atoms. The van der Waals surface area contributed by atoms with Gasteiger partial charge in [-0.05, 0) is 30.6 Å². The highest BCUT2D eigenvalue weighted by Crippen LogP contribution is 2.43. The molecule has 14 heavy (non-hydrogen) atoms. The number of aliphatic imine (C=N–C) groups is 1. The van der Waals surface area contributed by atoms with Crippen LogP contribution < -0.4 is 0 Å². The zero-order valence-electron chi connectivity index (χ0n) is 8.07. The largest absolute Gasteiger partial charge is 0.232 e. The predicted octanol–water partition coefficient (Wildman–Crippen LogP) is 3.21. The first-order valence-electron chi connectivity index (χ1n) is 4.97. The molecule has 1 nitrogen and oxygen atoms in total. The number of nitrogens with zero attached hydrogens (tertiary/aromatic N) is 1. The Labute approximate surface area is 89.9 Å². The van der Waals surface area contributed by atoms with Crippen LogP contribution in [0.5, 0.6) is 0 Å². The minimum absolute atomic E-state index is 0.271. The molecule has 0 atom stereocenters. The summed E-state index contributed by atoms with van der Waals surface area (Å²) in [6.07, 6.45) is 3.77. The fraction of sp³-hybridized carbons (Fsp3) is 0.417. The number of benzene rings is 1. The van der Waals surface area contributed by atoms with E-state index in [-0.39, 0.29) is 5.41 Å². The van der Waals surface area contributed by atoms with E-state index in [4.69, 9.17) is 0 Å². The second-order valence-corrected chi connectivity index (χ2v) is 4.09. The molecule has 0 radical (unpaired) electrons. The maximum atomic E-state index is 4.63. The van der Waals surface area contributed by atoms with Crippen molar-refractivity contribution in [2.75, 3.05) is 6.54 Å². The van der Waals surface area contributed by atoms with E-state index in [9.17, 15) is 0 Å². The van der Waals surface area contributed by atoms with Gasteiger partial charge < -0.3 is 0 Å². The predicted molar refractivity (Wildman–Crippen MR) is 61.9 cm³/mol. The highest BCUT2D eigenvalue weighted by atomic mass is 32.1. The summed E-state index contributed by atoms with van der Waals surface area (Å²) in [5.41, 5.74) is 1.67. The van der Waals surface area contributed by atoms with Crippen LogP contribution in [0, 0.1) is 0 Å². The van der Waals surface area contributed by atoms with Gasteiger partial charge in [0.2, 0.25) is 0 Å². The van der Waals surface area contributed by atoms with E-state index in [1.807, 2.05) is 0 Å². The van der Waals surface area contributed by atoms with E-state index in [0.717, 1.165) is 6.54 Å². The summed E-state index contributed by atoms with van der Waals surface area (Å²) in [5.74, 6) is 0. The van der Waals surface area contributed by atoms with Crippen LogP contribution in [0.15, 0.2) is 35.3 Å². The van der Waals surface area contributed by atoms with Crippen molar-refractivity contribution in [2.24, 2.45) is 4.99 Å². The molecule has 1 aliphatic carbocycles. The van der Waals surface area contributed by atoms with Crippen LogP contribution in [0.4, 0.5) is 0 Å². The maximum Gasteiger partial charge on any atom is 0.0589 e. The third-order valence-corrected chi connectivity index (χ3v) is 3.27. The summed E-state index contributed by atoms with van der Waals surface area (Å²) in [5, 5.41) is 2.47. The SMILES string of the molecule is S=C=NCC1(c2ccccc2)CCC1. The Kier molecular flexibility index (Phi) is 2.76. The third kappa shape index (κ3) is 1.63. The van der Waals surface area contributed by atoms with Gasteiger partial charge >= 0.3 is 0 Å². The Hall–Kier alpha value is -0.980. The topological polar surface area (TPSA) is 12.4 Å². The Bertz CT molecular complexity index is 348. The summed E-state index contributed by atoms with van der Waals surface area (Å²) in [6.45, 7) is 0.806. The van der Waals surface area contributed by atoms with E-state index in [1.54, 1.807) is 0 Å². The molecule has 0 heterocycles. The fourth-order valence-corrected chi connectivity index (χ4v) is 2.18. The average Bonchev–Trinajstić information content (AvgIpc) is 2.18. The Morgan fingerprint density at radius 1 is 1.29 bits per heavy atom. The lowest BCUT2D eigenvalue weighted by Crippen LogP contribution is -2.37. The first kappa shape index (κ1) is 9.57. The van der Waals surface area contributed by atoms with Crippen LogP contribution >= 0.6 is 12.2 Å². The average molecular weight is 203 g/mol. The standard InChI is InChI=1S/C12H13NS/c14-10-13-9-12(7-4-8-12)11-5-2-1-3-6-11/h1-3,5-6H,4,7-9H2. The number of hydrogen-bond acceptors (Lipinski definition) is 2. The first-order chi connectivity index (χ1) is 6.87. The van der Waals surface area contributed by atoms with Gasteiger partial charge in [0.05, 0.1) is 11.7 Å². The zero-order valence-corrected chi connectivity index (χ0v) is 8.89. The molecule has 2 rings (SSSR count). The number of hydrogen-bond donors (Lipinski definition) is 0. The van der Waals surface area contributed by atoms with Crippen LogP contribution in [0.3, 0.4) is 0 Å². The van der Waals surface area contributed by atoms with Crippen molar-refractivity contribution in [3.05, 3.63) is 35.9 Å². The number of rotatable bonds is 3. The molecule has 1 fully saturated rings. The number of thiocarbonyl (C=S) groups is 1. The summed E-state index contributed by atoms with van der Waals surface area (Å²) < 4.78 is 0. The molecule has 0 amide bonds. The van der Waals surface area contributed by atoms with E-state index in [1.165, 1.54) is 24.8 Å². The van der Waals surface area contributed by atoms with E-state index in [2.05, 4.69) is 52.7 Å². The van der Waals surface area contributed by atoms with Crippen molar-refractivity contribution < 1.29 is 0 Å². The molecule has 0 spiro atoms. The molecule has 1 aromatic rings. The number of isothiocyanates is 1. The lowest BCUT2D eigenvalue weighted by Gasteiger charge is -2.41. The van der Waals surface area contributed by atoms with Gasteiger partial charge in [0, 0.05) is 5.41 Å². The normalized spacial score (nSPS) is 18.0. The van der Waals surface area contributed by atoms with E-state index >= 15 is 0 Å². The van der Waals surface area contributed by atoms with Crippen molar-refractivity contribution >= 4 is 17.4 Å². The van der Waals surface area contributed by atoms with Gasteiger partial charge in [-0.25, -0.2) is 4.99 Å². The van der Waals surface area contributed by atoms with Crippen molar-refractivity contribution in [3.8, 4) is 0 Å². The van der Waals surface area contributed by atoms with Gasteiger partial charge in [-0.15, -0.1) is 0 Å². The van der Waals surface area contributed by atoms with Crippen molar-refractivity contribution in [1.82, 2.24) is 0 Å². The van der Waals surface area contributed by atoms with Gasteiger partial charge in [-0.2, -0.15) is 0 Å². The van der Waals surface area contributed by atoms with Crippen LogP contribution in [0.1, 0.15) is 24.8 Å². The van der Waals surface area contributed by atoms with Crippen molar-refractivity contribution in [1.29, 1.82) is 0 Å². The quantitative estimate of drug-likeness (QED) is 0.543. The van der Waals surface area contributed by atoms with E-state index < -0.39 is 0 Å². The van der Waals surface area contributed by atoms with Gasteiger partial charge in [0.15, 0.2) is 0 Å². The van der Waals surface area contributed by atoms with Gasteiger partial charge in [0.25, 0.3) is 0 Å². The monoisotopic (exact) mass is 203 g/mol. The highest BCUT2D eigenvalue weighted by molar-refractivity contribution is 7.78. The lowest BCUT2D eigenvalue weighted by molar-refractivity contribution is 0.254. The molecule has 0 aromatic heterocycles. The van der Waals surface area contributed by atoms with Crippen LogP contribution in [0.25, 0.3) is 0 Å². The maximum absolute atomic E-state index is 4.63. The van der Waals surface area contributed by atoms with Crippen molar-refractivity contribution in [3.63, 3.8) is 0 Å². The molecular weight excluding hydrogens is 190 g/mol. The second-order valence-electron chi connectivity index (χ2n) is 3.91. The molecule has 1 aromatic carbocycles. The molecular formula is C12H13NS. The summed E-state index contributed by atoms with van der Waals surface area (Å²) in [6, 6.07) is 10.6. The molecule has 1 saturated carbocycles. The second kappa shape index (κ2) is 4.04. The molecule has 0 aliphatic heterocycles. The minimum atomic E-state index is 0.271. The smallest absolute Gasteiger partial charge is 0.0589 e. The van der Waals surface area contributed by atoms with Crippen LogP contribution in [-0.2, 0) is 5.41 Å². The molecule has 2 heteroatoms. The summed E-state index contributed by atoms with van der Waals surface area (Å²) >= 11 is 4.63. The highest BCUT2D eigenvalue weighted by Gasteiger charge is 2.38. The summed E-state index contributed by atoms with van der Waals surface area (Å²) in [7, 11) is 0. The van der Waals surface area contributed by atoms with Crippen LogP contribution in [0.2, 0.25) is 0 Å². The van der Waals surface area contributed by atoms with Gasteiger partial charge in [-0.1, -0.05) is 36.8 Å².